The number of hydrogen-bond donors (Lipinski definition) is 1. The van der Waals surface area contributed by atoms with Crippen LogP contribution in [0.4, 0.5) is 4.39 Å². The fourth-order valence-electron chi connectivity index (χ4n) is 6.57. The van der Waals surface area contributed by atoms with E-state index < -0.39 is 26.7 Å². The normalized spacial score (nSPS) is 17.1. The predicted octanol–water partition coefficient (Wildman–Crippen LogP) is 7.75. The van der Waals surface area contributed by atoms with Crippen LogP contribution in [-0.2, 0) is 31.7 Å². The Hall–Kier alpha value is -2.47. The maximum absolute atomic E-state index is 18.0. The molecule has 2 saturated carbocycles. The van der Waals surface area contributed by atoms with Gasteiger partial charge in [0, 0.05) is 29.8 Å². The molecule has 6 rings (SSSR count). The zero-order chi connectivity index (χ0) is 32.2. The Labute approximate surface area is 283 Å². The lowest BCUT2D eigenvalue weighted by Crippen LogP contribution is -2.54. The predicted molar refractivity (Wildman–Crippen MR) is 189 cm³/mol. The van der Waals surface area contributed by atoms with E-state index >= 15 is 4.39 Å². The Morgan fingerprint density at radius 2 is 1.61 bits per heavy atom. The molecular weight excluding hydrogens is 640 g/mol. The van der Waals surface area contributed by atoms with Crippen LogP contribution in [-0.4, -0.2) is 48.8 Å². The van der Waals surface area contributed by atoms with E-state index in [2.05, 4.69) is 12.1 Å². The number of rotatable bonds is 12. The molecule has 0 radical (unpaired) electrons. The number of fused-ring (bicyclic) bond motifs is 1. The van der Waals surface area contributed by atoms with Crippen LogP contribution < -0.4 is 0 Å². The first kappa shape index (κ1) is 34.9. The lowest BCUT2D eigenvalue weighted by atomic mass is 9.69. The molecule has 0 aliphatic heterocycles. The van der Waals surface area contributed by atoms with E-state index in [4.69, 9.17) is 9.17 Å². The Kier molecular flexibility index (Phi) is 9.74. The molecular formula is C36H43FN2O4S3. The highest BCUT2D eigenvalue weighted by Gasteiger charge is 2.65. The number of sulfone groups is 1. The average Bonchev–Trinajstić information content (AvgIpc) is 3.92. The number of aliphatic hydroxyl groups is 1. The van der Waals surface area contributed by atoms with Crippen molar-refractivity contribution in [2.45, 2.75) is 67.7 Å². The summed E-state index contributed by atoms with van der Waals surface area (Å²) in [5.41, 5.74) is 0.445. The van der Waals surface area contributed by atoms with E-state index in [1.807, 2.05) is 68.6 Å². The summed E-state index contributed by atoms with van der Waals surface area (Å²) in [6.07, 6.45) is 6.02. The molecule has 3 aromatic carbocycles. The molecule has 0 amide bonds. The number of halogens is 1. The summed E-state index contributed by atoms with van der Waals surface area (Å²) in [6, 6.07) is 22.0. The zero-order valence-electron chi connectivity index (χ0n) is 27.0. The molecule has 0 saturated heterocycles. The van der Waals surface area contributed by atoms with Crippen LogP contribution in [0.3, 0.4) is 0 Å². The number of alkyl halides is 1. The number of hydrogen-bond acceptors (Lipinski definition) is 7. The number of nitrogens with zero attached hydrogens (tertiary/aromatic N) is 2. The molecule has 1 atom stereocenters. The van der Waals surface area contributed by atoms with E-state index in [9.17, 15) is 13.5 Å². The van der Waals surface area contributed by atoms with Gasteiger partial charge in [-0.05, 0) is 118 Å². The van der Waals surface area contributed by atoms with Gasteiger partial charge in [0.1, 0.15) is 11.2 Å². The minimum atomic E-state index is -3.45. The molecule has 2 aliphatic rings. The number of pyridine rings is 1. The summed E-state index contributed by atoms with van der Waals surface area (Å²) >= 11 is 1.28. The van der Waals surface area contributed by atoms with Crippen LogP contribution >= 0.6 is 25.7 Å². The summed E-state index contributed by atoms with van der Waals surface area (Å²) in [4.78, 5) is 4.85. The van der Waals surface area contributed by atoms with E-state index in [0.717, 1.165) is 65.1 Å². The second-order valence-corrected chi connectivity index (χ2v) is 16.5. The highest BCUT2D eigenvalue weighted by Crippen LogP contribution is 2.61. The van der Waals surface area contributed by atoms with Crippen LogP contribution in [0.5, 0.6) is 0 Å². The SMILES string of the molecule is CN(C)SOC(C)(C)c1cc(-c2cccc(CC(F)(c3ccc(S(C)(=O)=O)cc3)C(O)(C3CC3)C3CC3)c2)c2ncccc2c1.S. The molecule has 246 valence electrons. The topological polar surface area (TPSA) is 79.7 Å². The van der Waals surface area contributed by atoms with Crippen molar-refractivity contribution in [3.63, 3.8) is 0 Å². The Bertz CT molecular complexity index is 1810. The van der Waals surface area contributed by atoms with Gasteiger partial charge in [-0.2, -0.15) is 13.5 Å². The maximum atomic E-state index is 18.0. The minimum absolute atomic E-state index is 0. The second kappa shape index (κ2) is 12.9. The third-order valence-corrected chi connectivity index (χ3v) is 11.2. The van der Waals surface area contributed by atoms with Gasteiger partial charge in [0.05, 0.1) is 22.6 Å². The molecule has 0 bridgehead atoms. The Balaban J connectivity index is 0.00000417. The van der Waals surface area contributed by atoms with Gasteiger partial charge in [0.15, 0.2) is 15.5 Å². The van der Waals surface area contributed by atoms with Gasteiger partial charge in [0.25, 0.3) is 0 Å². The average molecular weight is 683 g/mol. The van der Waals surface area contributed by atoms with Crippen LogP contribution in [0.25, 0.3) is 22.0 Å². The van der Waals surface area contributed by atoms with Gasteiger partial charge >= 0.3 is 0 Å². The zero-order valence-corrected chi connectivity index (χ0v) is 29.6. The summed E-state index contributed by atoms with van der Waals surface area (Å²) in [6.45, 7) is 4.06. The molecule has 1 heterocycles. The van der Waals surface area contributed by atoms with Gasteiger partial charge in [-0.1, -0.05) is 42.5 Å². The molecule has 6 nitrogen and oxygen atoms in total. The lowest BCUT2D eigenvalue weighted by Gasteiger charge is -2.43. The van der Waals surface area contributed by atoms with Crippen molar-refractivity contribution in [1.82, 2.24) is 9.29 Å². The number of aromatic nitrogens is 1. The van der Waals surface area contributed by atoms with Crippen LogP contribution in [0.1, 0.15) is 56.2 Å². The number of benzene rings is 3. The van der Waals surface area contributed by atoms with Crippen molar-refractivity contribution in [1.29, 1.82) is 0 Å². The van der Waals surface area contributed by atoms with Gasteiger partial charge < -0.3 is 5.11 Å². The highest BCUT2D eigenvalue weighted by molar-refractivity contribution is 7.92. The quantitative estimate of drug-likeness (QED) is 0.121. The summed E-state index contributed by atoms with van der Waals surface area (Å²) in [7, 11) is 0.415. The molecule has 1 aromatic heterocycles. The molecule has 2 aliphatic carbocycles. The molecule has 2 fully saturated rings. The molecule has 10 heteroatoms. The fourth-order valence-corrected chi connectivity index (χ4v) is 7.64. The summed E-state index contributed by atoms with van der Waals surface area (Å²) < 4.78 is 50.4. The van der Waals surface area contributed by atoms with E-state index in [1.165, 1.54) is 24.4 Å². The van der Waals surface area contributed by atoms with Crippen LogP contribution in [0.15, 0.2) is 83.9 Å². The van der Waals surface area contributed by atoms with Crippen molar-refractivity contribution < 1.29 is 22.1 Å². The van der Waals surface area contributed by atoms with Crippen LogP contribution in [0, 0.1) is 11.8 Å². The largest absolute Gasteiger partial charge is 0.386 e. The third kappa shape index (κ3) is 6.75. The van der Waals surface area contributed by atoms with Crippen molar-refractivity contribution in [2.75, 3.05) is 20.4 Å². The first-order valence-electron chi connectivity index (χ1n) is 15.5. The highest BCUT2D eigenvalue weighted by atomic mass is 32.2. The van der Waals surface area contributed by atoms with E-state index in [-0.39, 0.29) is 36.6 Å². The molecule has 0 spiro atoms. The minimum Gasteiger partial charge on any atom is -0.386 e. The van der Waals surface area contributed by atoms with Crippen molar-refractivity contribution in [3.8, 4) is 11.1 Å². The molecule has 46 heavy (non-hydrogen) atoms. The molecule has 4 aromatic rings. The molecule has 1 unspecified atom stereocenters. The van der Waals surface area contributed by atoms with Gasteiger partial charge in [0.2, 0.25) is 0 Å². The van der Waals surface area contributed by atoms with Crippen LogP contribution in [0.2, 0.25) is 0 Å². The third-order valence-electron chi connectivity index (χ3n) is 9.25. The standard InChI is InChI=1S/C36H41FN2O4S2.H2S/c1-34(2,43-44-39(3)4)30-21-26-10-7-19-38-33(26)32(22-30)25-9-6-8-24(20-25)23-35(37,36(40,28-11-12-28)29-13-14-29)27-15-17-31(18-16-27)45(5,41)42;/h6-10,15-22,28-29,40H,11-14,23H2,1-5H3;1H2. The van der Waals surface area contributed by atoms with E-state index in [1.54, 1.807) is 18.3 Å². The van der Waals surface area contributed by atoms with Gasteiger partial charge in [-0.25, -0.2) is 17.1 Å². The van der Waals surface area contributed by atoms with Crippen molar-refractivity contribution in [2.24, 2.45) is 11.8 Å². The maximum Gasteiger partial charge on any atom is 0.175 e. The fraction of sp³-hybridized carbons (Fsp3) is 0.417. The first-order valence-corrected chi connectivity index (χ1v) is 18.0. The summed E-state index contributed by atoms with van der Waals surface area (Å²) in [5.74, 6) is -0.250. The summed E-state index contributed by atoms with van der Waals surface area (Å²) in [5, 5.41) is 13.3. The van der Waals surface area contributed by atoms with Crippen molar-refractivity contribution >= 4 is 46.5 Å². The van der Waals surface area contributed by atoms with Crippen molar-refractivity contribution in [3.05, 3.63) is 95.7 Å². The monoisotopic (exact) mass is 682 g/mol. The van der Waals surface area contributed by atoms with E-state index in [0.29, 0.717) is 5.56 Å². The smallest absolute Gasteiger partial charge is 0.175 e. The van der Waals surface area contributed by atoms with Gasteiger partial charge in [-0.3, -0.25) is 9.17 Å². The molecule has 1 N–H and O–H groups in total. The Morgan fingerprint density at radius 1 is 0.957 bits per heavy atom. The lowest BCUT2D eigenvalue weighted by molar-refractivity contribution is -0.140. The Morgan fingerprint density at radius 3 is 2.20 bits per heavy atom. The second-order valence-electron chi connectivity index (χ2n) is 13.4. The first-order chi connectivity index (χ1) is 21.2. The van der Waals surface area contributed by atoms with Gasteiger partial charge in [-0.15, -0.1) is 0 Å².